The quantitative estimate of drug-likeness (QED) is 0.650. The van der Waals surface area contributed by atoms with Crippen LogP contribution in [0.2, 0.25) is 0 Å². The average molecular weight is 411 g/mol. The van der Waals surface area contributed by atoms with Gasteiger partial charge in [-0.1, -0.05) is 60.7 Å². The summed E-state index contributed by atoms with van der Waals surface area (Å²) in [6.45, 7) is 0. The first-order chi connectivity index (χ1) is 13.6. The molecule has 0 aromatic heterocycles. The normalized spacial score (nSPS) is 11.6. The molecule has 6 nitrogen and oxygen atoms in total. The minimum atomic E-state index is -4.79. The molecular formula is C20H20F3NO5. The zero-order valence-corrected chi connectivity index (χ0v) is 15.2. The standard InChI is InChI=1S/C12H12F3NO3.C8H8O2/c13-12(14,15)9(7-11(18)19)16-10(17)6-8-4-2-1-3-5-8;9-8(10)6-7-4-2-1-3-5-7/h1-5,9H,6-7H2,(H,16,17)(H,18,19);1-5H,6H2,(H,9,10). The lowest BCUT2D eigenvalue weighted by molar-refractivity contribution is -0.170. The smallest absolute Gasteiger partial charge is 0.409 e. The fraction of sp³-hybridized carbons (Fsp3) is 0.250. The van der Waals surface area contributed by atoms with Crippen molar-refractivity contribution >= 4 is 17.8 Å². The molecule has 156 valence electrons. The van der Waals surface area contributed by atoms with Crippen LogP contribution < -0.4 is 5.32 Å². The van der Waals surface area contributed by atoms with Gasteiger partial charge in [-0.25, -0.2) is 0 Å². The van der Waals surface area contributed by atoms with Crippen molar-refractivity contribution in [3.8, 4) is 0 Å². The van der Waals surface area contributed by atoms with Gasteiger partial charge < -0.3 is 15.5 Å². The second-order valence-electron chi connectivity index (χ2n) is 5.98. The van der Waals surface area contributed by atoms with Crippen LogP contribution in [0.25, 0.3) is 0 Å². The highest BCUT2D eigenvalue weighted by molar-refractivity contribution is 5.79. The number of hydrogen-bond acceptors (Lipinski definition) is 3. The molecule has 2 rings (SSSR count). The molecule has 2 aromatic carbocycles. The van der Waals surface area contributed by atoms with Crippen molar-refractivity contribution in [2.75, 3.05) is 0 Å². The molecular weight excluding hydrogens is 391 g/mol. The number of carbonyl (C=O) groups is 3. The lowest BCUT2D eigenvalue weighted by Gasteiger charge is -2.19. The molecule has 1 atom stereocenters. The Morgan fingerprint density at radius 3 is 1.62 bits per heavy atom. The minimum absolute atomic E-state index is 0.112. The predicted octanol–water partition coefficient (Wildman–Crippen LogP) is 3.06. The molecule has 9 heteroatoms. The van der Waals surface area contributed by atoms with Crippen LogP contribution >= 0.6 is 0 Å². The summed E-state index contributed by atoms with van der Waals surface area (Å²) in [6, 6.07) is 15.0. The fourth-order valence-electron chi connectivity index (χ4n) is 2.22. The van der Waals surface area contributed by atoms with Crippen LogP contribution in [-0.2, 0) is 27.2 Å². The van der Waals surface area contributed by atoms with Gasteiger partial charge in [0.25, 0.3) is 0 Å². The van der Waals surface area contributed by atoms with E-state index in [2.05, 4.69) is 0 Å². The number of carbonyl (C=O) groups excluding carboxylic acids is 1. The third-order valence-corrected chi connectivity index (χ3v) is 3.51. The zero-order valence-electron chi connectivity index (χ0n) is 15.2. The van der Waals surface area contributed by atoms with Gasteiger partial charge in [-0.3, -0.25) is 14.4 Å². The Morgan fingerprint density at radius 1 is 0.793 bits per heavy atom. The van der Waals surface area contributed by atoms with Crippen molar-refractivity contribution in [1.29, 1.82) is 0 Å². The Morgan fingerprint density at radius 2 is 1.24 bits per heavy atom. The Bertz CT molecular complexity index is 795. The zero-order chi connectivity index (χ0) is 21.9. The summed E-state index contributed by atoms with van der Waals surface area (Å²) in [5, 5.41) is 18.5. The fourth-order valence-corrected chi connectivity index (χ4v) is 2.22. The van der Waals surface area contributed by atoms with Crippen molar-refractivity contribution in [2.45, 2.75) is 31.5 Å². The third kappa shape index (κ3) is 10.5. The van der Waals surface area contributed by atoms with Crippen LogP contribution in [0.15, 0.2) is 60.7 Å². The third-order valence-electron chi connectivity index (χ3n) is 3.51. The summed E-state index contributed by atoms with van der Waals surface area (Å²) in [6.07, 6.45) is -6.09. The first-order valence-corrected chi connectivity index (χ1v) is 8.45. The van der Waals surface area contributed by atoms with Crippen molar-refractivity contribution in [3.63, 3.8) is 0 Å². The van der Waals surface area contributed by atoms with Crippen molar-refractivity contribution in [3.05, 3.63) is 71.8 Å². The lowest BCUT2D eigenvalue weighted by atomic mass is 10.1. The first-order valence-electron chi connectivity index (χ1n) is 8.45. The summed E-state index contributed by atoms with van der Waals surface area (Å²) in [5.41, 5.74) is 1.39. The van der Waals surface area contributed by atoms with Crippen LogP contribution in [-0.4, -0.2) is 40.3 Å². The van der Waals surface area contributed by atoms with Gasteiger partial charge in [0.15, 0.2) is 0 Å². The van der Waals surface area contributed by atoms with E-state index in [1.54, 1.807) is 47.8 Å². The van der Waals surface area contributed by atoms with Crippen molar-refractivity contribution < 1.29 is 37.8 Å². The number of nitrogens with one attached hydrogen (secondary N) is 1. The molecule has 0 spiro atoms. The number of carboxylic acid groups (broad SMARTS) is 2. The van der Waals surface area contributed by atoms with E-state index in [1.165, 1.54) is 0 Å². The molecule has 0 saturated heterocycles. The van der Waals surface area contributed by atoms with Crippen LogP contribution in [0, 0.1) is 0 Å². The van der Waals surface area contributed by atoms with Gasteiger partial charge in [0, 0.05) is 0 Å². The van der Waals surface area contributed by atoms with Gasteiger partial charge >= 0.3 is 18.1 Å². The van der Waals surface area contributed by atoms with Gasteiger partial charge in [-0.05, 0) is 11.1 Å². The number of halogens is 3. The second kappa shape index (κ2) is 11.5. The van der Waals surface area contributed by atoms with E-state index in [1.807, 2.05) is 18.2 Å². The maximum atomic E-state index is 12.5. The molecule has 0 aliphatic carbocycles. The molecule has 0 aliphatic heterocycles. The Hall–Kier alpha value is -3.36. The predicted molar refractivity (Wildman–Crippen MR) is 98.2 cm³/mol. The van der Waals surface area contributed by atoms with Crippen LogP contribution in [0.1, 0.15) is 17.5 Å². The molecule has 0 heterocycles. The van der Waals surface area contributed by atoms with E-state index in [-0.39, 0.29) is 12.8 Å². The van der Waals surface area contributed by atoms with E-state index in [0.29, 0.717) is 5.56 Å². The Labute approximate surface area is 165 Å². The van der Waals surface area contributed by atoms with E-state index in [0.717, 1.165) is 5.56 Å². The number of amides is 1. The summed E-state index contributed by atoms with van der Waals surface area (Å²) in [7, 11) is 0. The molecule has 1 unspecified atom stereocenters. The van der Waals surface area contributed by atoms with E-state index in [4.69, 9.17) is 10.2 Å². The van der Waals surface area contributed by atoms with E-state index >= 15 is 0 Å². The van der Waals surface area contributed by atoms with Crippen LogP contribution in [0.3, 0.4) is 0 Å². The van der Waals surface area contributed by atoms with Crippen LogP contribution in [0.4, 0.5) is 13.2 Å². The second-order valence-corrected chi connectivity index (χ2v) is 5.98. The Kier molecular flexibility index (Phi) is 9.37. The molecule has 0 bridgehead atoms. The molecule has 3 N–H and O–H groups in total. The Balaban J connectivity index is 0.000000352. The molecule has 0 fully saturated rings. The number of aliphatic carboxylic acids is 2. The largest absolute Gasteiger partial charge is 0.481 e. The van der Waals surface area contributed by atoms with Gasteiger partial charge in [0.1, 0.15) is 6.04 Å². The highest BCUT2D eigenvalue weighted by Gasteiger charge is 2.41. The molecule has 0 radical (unpaired) electrons. The molecule has 1 amide bonds. The molecule has 29 heavy (non-hydrogen) atoms. The van der Waals surface area contributed by atoms with Gasteiger partial charge in [0.2, 0.25) is 5.91 Å². The monoisotopic (exact) mass is 411 g/mol. The first kappa shape index (κ1) is 23.7. The maximum Gasteiger partial charge on any atom is 0.409 e. The summed E-state index contributed by atoms with van der Waals surface area (Å²) in [5.74, 6) is -3.27. The summed E-state index contributed by atoms with van der Waals surface area (Å²) < 4.78 is 37.5. The molecule has 0 saturated carbocycles. The molecule has 0 aliphatic rings. The number of hydrogen-bond donors (Lipinski definition) is 3. The van der Waals surface area contributed by atoms with Gasteiger partial charge in [-0.2, -0.15) is 13.2 Å². The highest BCUT2D eigenvalue weighted by atomic mass is 19.4. The SMILES string of the molecule is O=C(O)CC(NC(=O)Cc1ccccc1)C(F)(F)F.O=C(O)Cc1ccccc1. The average Bonchev–Trinajstić information content (AvgIpc) is 2.62. The number of benzene rings is 2. The summed E-state index contributed by atoms with van der Waals surface area (Å²) in [4.78, 5) is 32.0. The van der Waals surface area contributed by atoms with Crippen molar-refractivity contribution in [1.82, 2.24) is 5.32 Å². The highest BCUT2D eigenvalue weighted by Crippen LogP contribution is 2.22. The maximum absolute atomic E-state index is 12.5. The minimum Gasteiger partial charge on any atom is -0.481 e. The topological polar surface area (TPSA) is 104 Å². The van der Waals surface area contributed by atoms with Crippen molar-refractivity contribution in [2.24, 2.45) is 0 Å². The molecule has 2 aromatic rings. The summed E-state index contributed by atoms with van der Waals surface area (Å²) >= 11 is 0. The number of carboxylic acids is 2. The van der Waals surface area contributed by atoms with E-state index < -0.39 is 36.5 Å². The van der Waals surface area contributed by atoms with Gasteiger partial charge in [-0.15, -0.1) is 0 Å². The van der Waals surface area contributed by atoms with Crippen LogP contribution in [0.5, 0.6) is 0 Å². The van der Waals surface area contributed by atoms with E-state index in [9.17, 15) is 27.6 Å². The number of alkyl halides is 3. The van der Waals surface area contributed by atoms with Gasteiger partial charge in [0.05, 0.1) is 19.3 Å². The lowest BCUT2D eigenvalue weighted by Crippen LogP contribution is -2.47. The number of rotatable bonds is 7.